The molecule has 1 amide bonds. The summed E-state index contributed by atoms with van der Waals surface area (Å²) in [5, 5.41) is 12.1. The molecule has 0 aliphatic rings. The molecule has 2 aromatic heterocycles. The minimum atomic E-state index is -0.208. The highest BCUT2D eigenvalue weighted by Gasteiger charge is 2.14. The zero-order valence-electron chi connectivity index (χ0n) is 18.7. The molecule has 0 aliphatic carbocycles. The third-order valence-corrected chi connectivity index (χ3v) is 5.20. The Morgan fingerprint density at radius 1 is 1.16 bits per heavy atom. The smallest absolute Gasteiger partial charge is 0.251 e. The molecule has 0 atom stereocenters. The second kappa shape index (κ2) is 11.5. The van der Waals surface area contributed by atoms with Gasteiger partial charge in [-0.2, -0.15) is 5.10 Å². The molecule has 3 rings (SSSR count). The second-order valence-electron chi connectivity index (χ2n) is 6.61. The van der Waals surface area contributed by atoms with E-state index in [9.17, 15) is 4.79 Å². The molecule has 0 saturated heterocycles. The number of thioether (sulfide) groups is 1. The topological polar surface area (TPSA) is 112 Å². The van der Waals surface area contributed by atoms with Crippen LogP contribution >= 0.6 is 11.8 Å². The van der Waals surface area contributed by atoms with Crippen LogP contribution < -0.4 is 20.1 Å². The van der Waals surface area contributed by atoms with Gasteiger partial charge in [0.2, 0.25) is 0 Å². The van der Waals surface area contributed by atoms with Crippen molar-refractivity contribution in [2.75, 3.05) is 52.1 Å². The van der Waals surface area contributed by atoms with Gasteiger partial charge in [0, 0.05) is 25.3 Å². The number of carbonyl (C=O) groups excluding carboxylic acids is 1. The van der Waals surface area contributed by atoms with Gasteiger partial charge in [-0.25, -0.2) is 14.6 Å². The number of anilines is 1. The van der Waals surface area contributed by atoms with E-state index in [1.807, 2.05) is 13.2 Å². The number of rotatable bonds is 12. The van der Waals surface area contributed by atoms with Crippen molar-refractivity contribution in [1.82, 2.24) is 25.1 Å². The van der Waals surface area contributed by atoms with Crippen molar-refractivity contribution in [3.8, 4) is 11.5 Å². The van der Waals surface area contributed by atoms with Crippen molar-refractivity contribution < 1.29 is 19.0 Å². The number of nitrogens with zero attached hydrogens (tertiary/aromatic N) is 4. The van der Waals surface area contributed by atoms with E-state index in [2.05, 4.69) is 25.7 Å². The summed E-state index contributed by atoms with van der Waals surface area (Å²) in [5.41, 5.74) is 1.20. The summed E-state index contributed by atoms with van der Waals surface area (Å²) < 4.78 is 17.6. The fourth-order valence-electron chi connectivity index (χ4n) is 3.07. The minimum absolute atomic E-state index is 0.208. The first-order chi connectivity index (χ1) is 15.6. The van der Waals surface area contributed by atoms with E-state index in [4.69, 9.17) is 14.2 Å². The summed E-state index contributed by atoms with van der Waals surface area (Å²) >= 11 is 1.46. The van der Waals surface area contributed by atoms with Crippen LogP contribution in [0, 0.1) is 0 Å². The number of benzene rings is 1. The quantitative estimate of drug-likeness (QED) is 0.239. The Morgan fingerprint density at radius 3 is 2.69 bits per heavy atom. The SMILES string of the molecule is CCOCCNc1nc(SC)nc2c1cnn2CCNC(=O)c1ccc(OC)c(OC)c1. The van der Waals surface area contributed by atoms with Gasteiger partial charge in [0.25, 0.3) is 5.91 Å². The molecule has 0 radical (unpaired) electrons. The lowest BCUT2D eigenvalue weighted by atomic mass is 10.2. The molecule has 1 aromatic carbocycles. The number of nitrogens with one attached hydrogen (secondary N) is 2. The van der Waals surface area contributed by atoms with Gasteiger partial charge < -0.3 is 24.8 Å². The normalized spacial score (nSPS) is 10.9. The van der Waals surface area contributed by atoms with Crippen LogP contribution in [0.5, 0.6) is 11.5 Å². The van der Waals surface area contributed by atoms with Crippen LogP contribution in [0.1, 0.15) is 17.3 Å². The summed E-state index contributed by atoms with van der Waals surface area (Å²) in [4.78, 5) is 21.7. The average Bonchev–Trinajstić information content (AvgIpc) is 3.24. The molecule has 0 saturated carbocycles. The maximum Gasteiger partial charge on any atom is 0.251 e. The Hall–Kier alpha value is -3.05. The van der Waals surface area contributed by atoms with Crippen molar-refractivity contribution in [3.05, 3.63) is 30.0 Å². The van der Waals surface area contributed by atoms with E-state index in [1.165, 1.54) is 18.9 Å². The van der Waals surface area contributed by atoms with Gasteiger partial charge in [-0.15, -0.1) is 0 Å². The zero-order chi connectivity index (χ0) is 22.9. The standard InChI is InChI=1S/C21H28N6O4S/c1-5-31-11-9-22-18-15-13-24-27(19(15)26-21(25-18)32-4)10-8-23-20(28)14-6-7-16(29-2)17(12-14)30-3/h6-7,12-13H,5,8-11H2,1-4H3,(H,23,28)(H,22,25,26). The molecule has 172 valence electrons. The van der Waals surface area contributed by atoms with E-state index in [0.717, 1.165) is 11.2 Å². The summed E-state index contributed by atoms with van der Waals surface area (Å²) in [6, 6.07) is 5.05. The number of hydrogen-bond acceptors (Lipinski definition) is 9. The van der Waals surface area contributed by atoms with Gasteiger partial charge in [-0.05, 0) is 31.4 Å². The first kappa shape index (κ1) is 23.6. The van der Waals surface area contributed by atoms with Crippen molar-refractivity contribution in [2.24, 2.45) is 0 Å². The average molecular weight is 461 g/mol. The van der Waals surface area contributed by atoms with Crippen LogP contribution in [-0.2, 0) is 11.3 Å². The van der Waals surface area contributed by atoms with Gasteiger partial charge in [0.05, 0.1) is 39.0 Å². The van der Waals surface area contributed by atoms with E-state index in [1.54, 1.807) is 36.2 Å². The molecule has 2 N–H and O–H groups in total. The number of fused-ring (bicyclic) bond motifs is 1. The van der Waals surface area contributed by atoms with Crippen molar-refractivity contribution in [1.29, 1.82) is 0 Å². The lowest BCUT2D eigenvalue weighted by molar-refractivity contribution is 0.0951. The maximum atomic E-state index is 12.5. The van der Waals surface area contributed by atoms with Crippen LogP contribution in [0.4, 0.5) is 5.82 Å². The Labute approximate surface area is 191 Å². The third kappa shape index (κ3) is 5.60. The summed E-state index contributed by atoms with van der Waals surface area (Å²) in [5.74, 6) is 1.59. The molecule has 10 nitrogen and oxygen atoms in total. The molecule has 0 spiro atoms. The van der Waals surface area contributed by atoms with Gasteiger partial charge in [-0.3, -0.25) is 4.79 Å². The fraction of sp³-hybridized carbons (Fsp3) is 0.429. The lowest BCUT2D eigenvalue weighted by Gasteiger charge is -2.11. The van der Waals surface area contributed by atoms with Gasteiger partial charge in [0.15, 0.2) is 22.3 Å². The number of hydrogen-bond donors (Lipinski definition) is 2. The van der Waals surface area contributed by atoms with E-state index < -0.39 is 0 Å². The highest BCUT2D eigenvalue weighted by molar-refractivity contribution is 7.98. The van der Waals surface area contributed by atoms with Crippen LogP contribution in [0.25, 0.3) is 11.0 Å². The van der Waals surface area contributed by atoms with Gasteiger partial charge in [0.1, 0.15) is 5.82 Å². The van der Waals surface area contributed by atoms with Gasteiger partial charge >= 0.3 is 0 Å². The minimum Gasteiger partial charge on any atom is -0.493 e. The highest BCUT2D eigenvalue weighted by atomic mass is 32.2. The molecule has 32 heavy (non-hydrogen) atoms. The predicted octanol–water partition coefficient (Wildman–Crippen LogP) is 2.44. The van der Waals surface area contributed by atoms with E-state index in [0.29, 0.717) is 60.7 Å². The Bertz CT molecular complexity index is 1060. The molecule has 11 heteroatoms. The monoisotopic (exact) mass is 460 g/mol. The number of methoxy groups -OCH3 is 2. The highest BCUT2D eigenvalue weighted by Crippen LogP contribution is 2.27. The molecule has 3 aromatic rings. The van der Waals surface area contributed by atoms with Crippen LogP contribution in [0.3, 0.4) is 0 Å². The summed E-state index contributed by atoms with van der Waals surface area (Å²) in [7, 11) is 3.09. The van der Waals surface area contributed by atoms with Crippen molar-refractivity contribution in [3.63, 3.8) is 0 Å². The van der Waals surface area contributed by atoms with Crippen molar-refractivity contribution in [2.45, 2.75) is 18.6 Å². The van der Waals surface area contributed by atoms with Crippen molar-refractivity contribution >= 4 is 34.5 Å². The molecular weight excluding hydrogens is 432 g/mol. The molecule has 2 heterocycles. The first-order valence-corrected chi connectivity index (χ1v) is 11.4. The zero-order valence-corrected chi connectivity index (χ0v) is 19.5. The Morgan fingerprint density at radius 2 is 1.97 bits per heavy atom. The first-order valence-electron chi connectivity index (χ1n) is 10.2. The number of aromatic nitrogens is 4. The largest absolute Gasteiger partial charge is 0.493 e. The lowest BCUT2D eigenvalue weighted by Crippen LogP contribution is -2.27. The number of carbonyl (C=O) groups is 1. The van der Waals surface area contributed by atoms with Crippen LogP contribution in [0.15, 0.2) is 29.6 Å². The summed E-state index contributed by atoms with van der Waals surface area (Å²) in [6.45, 7) is 4.71. The number of amides is 1. The second-order valence-corrected chi connectivity index (χ2v) is 7.39. The predicted molar refractivity (Wildman–Crippen MR) is 124 cm³/mol. The fourth-order valence-corrected chi connectivity index (χ4v) is 3.43. The molecule has 0 unspecified atom stereocenters. The Balaban J connectivity index is 1.68. The third-order valence-electron chi connectivity index (χ3n) is 4.66. The van der Waals surface area contributed by atoms with Crippen LogP contribution in [-0.4, -0.2) is 72.4 Å². The molecule has 0 fully saturated rings. The van der Waals surface area contributed by atoms with E-state index in [-0.39, 0.29) is 5.91 Å². The van der Waals surface area contributed by atoms with E-state index >= 15 is 0 Å². The molecule has 0 bridgehead atoms. The molecule has 0 aliphatic heterocycles. The number of ether oxygens (including phenoxy) is 3. The maximum absolute atomic E-state index is 12.5. The molecular formula is C21H28N6O4S. The summed E-state index contributed by atoms with van der Waals surface area (Å²) in [6.07, 6.45) is 3.66. The van der Waals surface area contributed by atoms with Gasteiger partial charge in [-0.1, -0.05) is 11.8 Å². The van der Waals surface area contributed by atoms with Crippen LogP contribution in [0.2, 0.25) is 0 Å². The Kier molecular flexibility index (Phi) is 8.51.